The molecule has 0 aromatic carbocycles. The molecule has 0 bridgehead atoms. The number of carboxylic acids is 1. The van der Waals surface area contributed by atoms with Crippen molar-refractivity contribution in [3.05, 3.63) is 0 Å². The van der Waals surface area contributed by atoms with E-state index in [-0.39, 0.29) is 18.4 Å². The van der Waals surface area contributed by atoms with Crippen LogP contribution in [0.2, 0.25) is 0 Å². The second-order valence-electron chi connectivity index (χ2n) is 4.46. The van der Waals surface area contributed by atoms with E-state index in [0.717, 1.165) is 6.42 Å². The van der Waals surface area contributed by atoms with Gasteiger partial charge in [-0.25, -0.2) is 4.79 Å². The van der Waals surface area contributed by atoms with Gasteiger partial charge in [-0.05, 0) is 26.7 Å². The molecule has 0 rings (SSSR count). The fourth-order valence-electron chi connectivity index (χ4n) is 1.34. The molecule has 2 atom stereocenters. The fourth-order valence-corrected chi connectivity index (χ4v) is 1.34. The minimum atomic E-state index is -0.902. The normalized spacial score (nSPS) is 13.2. The van der Waals surface area contributed by atoms with Crippen molar-refractivity contribution in [3.63, 3.8) is 0 Å². The number of hydrogen-bond acceptors (Lipinski definition) is 3. The first-order valence-corrected chi connectivity index (χ1v) is 6.43. The Morgan fingerprint density at radius 3 is 2.32 bits per heavy atom. The van der Waals surface area contributed by atoms with Crippen LogP contribution in [0.25, 0.3) is 0 Å². The molecule has 110 valence electrons. The Kier molecular flexibility index (Phi) is 8.32. The first kappa shape index (κ1) is 17.2. The van der Waals surface area contributed by atoms with Gasteiger partial charge in [-0.3, -0.25) is 9.59 Å². The maximum Gasteiger partial charge on any atom is 0.315 e. The molecule has 0 heterocycles. The summed E-state index contributed by atoms with van der Waals surface area (Å²) < 4.78 is 0. The monoisotopic (exact) mass is 273 g/mol. The highest BCUT2D eigenvalue weighted by Crippen LogP contribution is 1.96. The van der Waals surface area contributed by atoms with Gasteiger partial charge in [-0.1, -0.05) is 6.92 Å². The number of rotatable bonds is 8. The summed E-state index contributed by atoms with van der Waals surface area (Å²) in [5.41, 5.74) is 0. The Bertz CT molecular complexity index is 320. The van der Waals surface area contributed by atoms with E-state index >= 15 is 0 Å². The molecule has 0 spiro atoms. The minimum absolute atomic E-state index is 0.00597. The summed E-state index contributed by atoms with van der Waals surface area (Å²) >= 11 is 0. The number of carbonyl (C=O) groups is 3. The lowest BCUT2D eigenvalue weighted by Crippen LogP contribution is -2.50. The zero-order valence-electron chi connectivity index (χ0n) is 11.7. The molecule has 0 aliphatic carbocycles. The summed E-state index contributed by atoms with van der Waals surface area (Å²) in [6, 6.07) is -1.36. The van der Waals surface area contributed by atoms with Gasteiger partial charge < -0.3 is 21.1 Å². The number of aliphatic carboxylic acids is 1. The van der Waals surface area contributed by atoms with Crippen molar-refractivity contribution in [2.24, 2.45) is 0 Å². The number of carboxylic acid groups (broad SMARTS) is 1. The topological polar surface area (TPSA) is 108 Å². The van der Waals surface area contributed by atoms with Crippen molar-refractivity contribution >= 4 is 17.9 Å². The highest BCUT2D eigenvalue weighted by Gasteiger charge is 2.16. The van der Waals surface area contributed by atoms with Crippen molar-refractivity contribution in [1.82, 2.24) is 16.0 Å². The molecule has 7 nitrogen and oxygen atoms in total. The van der Waals surface area contributed by atoms with Crippen LogP contribution in [0.4, 0.5) is 4.79 Å². The minimum Gasteiger partial charge on any atom is -0.481 e. The van der Waals surface area contributed by atoms with Gasteiger partial charge in [0.2, 0.25) is 5.91 Å². The molecule has 4 N–H and O–H groups in total. The van der Waals surface area contributed by atoms with Crippen LogP contribution < -0.4 is 16.0 Å². The quantitative estimate of drug-likeness (QED) is 0.515. The fraction of sp³-hybridized carbons (Fsp3) is 0.750. The van der Waals surface area contributed by atoms with Gasteiger partial charge in [-0.2, -0.15) is 0 Å². The predicted octanol–water partition coefficient (Wildman–Crippen LogP) is 0.454. The maximum atomic E-state index is 11.5. The first-order chi connectivity index (χ1) is 8.86. The van der Waals surface area contributed by atoms with Gasteiger partial charge >= 0.3 is 12.0 Å². The van der Waals surface area contributed by atoms with Crippen molar-refractivity contribution < 1.29 is 19.5 Å². The van der Waals surface area contributed by atoms with E-state index in [2.05, 4.69) is 16.0 Å². The number of hydrogen-bond donors (Lipinski definition) is 4. The summed E-state index contributed by atoms with van der Waals surface area (Å²) in [6.45, 7) is 5.81. The number of urea groups is 1. The molecule has 0 fully saturated rings. The number of nitrogens with one attached hydrogen (secondary N) is 3. The third-order valence-electron chi connectivity index (χ3n) is 2.46. The van der Waals surface area contributed by atoms with Crippen LogP contribution in [-0.2, 0) is 9.59 Å². The molecule has 19 heavy (non-hydrogen) atoms. The largest absolute Gasteiger partial charge is 0.481 e. The van der Waals surface area contributed by atoms with E-state index in [1.54, 1.807) is 13.8 Å². The lowest BCUT2D eigenvalue weighted by atomic mass is 10.2. The van der Waals surface area contributed by atoms with Crippen LogP contribution >= 0.6 is 0 Å². The Morgan fingerprint density at radius 1 is 1.16 bits per heavy atom. The van der Waals surface area contributed by atoms with Crippen LogP contribution in [0.5, 0.6) is 0 Å². The van der Waals surface area contributed by atoms with Crippen LogP contribution in [0.15, 0.2) is 0 Å². The van der Waals surface area contributed by atoms with Crippen LogP contribution in [-0.4, -0.2) is 41.6 Å². The predicted molar refractivity (Wildman–Crippen MR) is 70.8 cm³/mol. The zero-order chi connectivity index (χ0) is 14.8. The van der Waals surface area contributed by atoms with Crippen molar-refractivity contribution in [1.29, 1.82) is 0 Å². The Morgan fingerprint density at radius 2 is 1.79 bits per heavy atom. The molecule has 0 aliphatic heterocycles. The second kappa shape index (κ2) is 9.18. The molecule has 0 aliphatic rings. The summed E-state index contributed by atoms with van der Waals surface area (Å²) in [6.07, 6.45) is 1.17. The smallest absolute Gasteiger partial charge is 0.315 e. The molecule has 7 heteroatoms. The number of carbonyl (C=O) groups excluding carboxylic acids is 2. The Hall–Kier alpha value is -1.79. The van der Waals surface area contributed by atoms with E-state index in [0.29, 0.717) is 13.0 Å². The summed E-state index contributed by atoms with van der Waals surface area (Å²) in [7, 11) is 0. The van der Waals surface area contributed by atoms with E-state index in [1.165, 1.54) is 0 Å². The Balaban J connectivity index is 3.95. The molecule has 3 amide bonds. The standard InChI is InChI=1S/C12H23N3O4/c1-4-7-13-11(18)9(3)15-12(19)14-8(2)5-6-10(16)17/h8-9H,4-7H2,1-3H3,(H,13,18)(H,16,17)(H2,14,15,19). The van der Waals surface area contributed by atoms with Crippen molar-refractivity contribution in [2.75, 3.05) is 6.54 Å². The van der Waals surface area contributed by atoms with Gasteiger partial charge in [0.15, 0.2) is 0 Å². The van der Waals surface area contributed by atoms with Crippen LogP contribution in [0.1, 0.15) is 40.0 Å². The Labute approximate surface area is 113 Å². The summed E-state index contributed by atoms with van der Waals surface area (Å²) in [5.74, 6) is -1.14. The maximum absolute atomic E-state index is 11.5. The van der Waals surface area contributed by atoms with Crippen LogP contribution in [0.3, 0.4) is 0 Å². The van der Waals surface area contributed by atoms with Gasteiger partial charge in [-0.15, -0.1) is 0 Å². The number of amides is 3. The van der Waals surface area contributed by atoms with Crippen molar-refractivity contribution in [2.45, 2.75) is 52.1 Å². The van der Waals surface area contributed by atoms with Gasteiger partial charge in [0.25, 0.3) is 0 Å². The van der Waals surface area contributed by atoms with Crippen LogP contribution in [0, 0.1) is 0 Å². The third-order valence-corrected chi connectivity index (χ3v) is 2.46. The molecular weight excluding hydrogens is 250 g/mol. The van der Waals surface area contributed by atoms with E-state index in [1.807, 2.05) is 6.92 Å². The first-order valence-electron chi connectivity index (χ1n) is 6.43. The summed E-state index contributed by atoms with van der Waals surface area (Å²) in [5, 5.41) is 16.3. The third kappa shape index (κ3) is 8.87. The SMILES string of the molecule is CCCNC(=O)C(C)NC(=O)NC(C)CCC(=O)O. The molecule has 2 unspecified atom stereocenters. The van der Waals surface area contributed by atoms with Gasteiger partial charge in [0, 0.05) is 19.0 Å². The van der Waals surface area contributed by atoms with E-state index in [4.69, 9.17) is 5.11 Å². The van der Waals surface area contributed by atoms with Gasteiger partial charge in [0.1, 0.15) is 6.04 Å². The average Bonchev–Trinajstić information content (AvgIpc) is 2.33. The van der Waals surface area contributed by atoms with Crippen molar-refractivity contribution in [3.8, 4) is 0 Å². The average molecular weight is 273 g/mol. The highest BCUT2D eigenvalue weighted by molar-refractivity contribution is 5.86. The molecule has 0 radical (unpaired) electrons. The van der Waals surface area contributed by atoms with E-state index in [9.17, 15) is 14.4 Å². The van der Waals surface area contributed by atoms with E-state index < -0.39 is 18.0 Å². The lowest BCUT2D eigenvalue weighted by molar-refractivity contribution is -0.137. The summed E-state index contributed by atoms with van der Waals surface area (Å²) in [4.78, 5) is 33.4. The lowest BCUT2D eigenvalue weighted by Gasteiger charge is -2.17. The molecular formula is C12H23N3O4. The molecule has 0 saturated carbocycles. The zero-order valence-corrected chi connectivity index (χ0v) is 11.7. The molecule has 0 aromatic rings. The second-order valence-corrected chi connectivity index (χ2v) is 4.46. The van der Waals surface area contributed by atoms with Gasteiger partial charge in [0.05, 0.1) is 0 Å². The molecule has 0 aromatic heterocycles. The molecule has 0 saturated heterocycles. The highest BCUT2D eigenvalue weighted by atomic mass is 16.4.